The molecule has 1 amide bonds. The number of methoxy groups -OCH3 is 3. The fourth-order valence-corrected chi connectivity index (χ4v) is 1.76. The highest BCUT2D eigenvalue weighted by Crippen LogP contribution is 2.32. The quantitative estimate of drug-likeness (QED) is 0.871. The topological polar surface area (TPSA) is 56.8 Å². The van der Waals surface area contributed by atoms with Gasteiger partial charge in [0.15, 0.2) is 11.5 Å². The Balaban J connectivity index is 2.75. The summed E-state index contributed by atoms with van der Waals surface area (Å²) in [7, 11) is 4.56. The van der Waals surface area contributed by atoms with E-state index in [1.165, 1.54) is 7.11 Å². The number of rotatable bonds is 5. The van der Waals surface area contributed by atoms with Crippen molar-refractivity contribution in [1.29, 1.82) is 0 Å². The minimum Gasteiger partial charge on any atom is -0.493 e. The molecule has 0 aromatic heterocycles. The van der Waals surface area contributed by atoms with E-state index in [0.717, 1.165) is 16.9 Å². The molecule has 0 heterocycles. The van der Waals surface area contributed by atoms with Gasteiger partial charge in [-0.05, 0) is 30.5 Å². The summed E-state index contributed by atoms with van der Waals surface area (Å²) in [4.78, 5) is 10.9. The summed E-state index contributed by atoms with van der Waals surface area (Å²) >= 11 is 0. The number of carbonyl (C=O) groups is 1. The van der Waals surface area contributed by atoms with Crippen molar-refractivity contribution in [3.63, 3.8) is 0 Å². The molecule has 1 rings (SSSR count). The third-order valence-corrected chi connectivity index (χ3v) is 2.76. The molecule has 0 aliphatic rings. The Labute approximate surface area is 107 Å². The maximum atomic E-state index is 10.9. The van der Waals surface area contributed by atoms with Crippen LogP contribution >= 0.6 is 0 Å². The summed E-state index contributed by atoms with van der Waals surface area (Å²) < 4.78 is 15.0. The van der Waals surface area contributed by atoms with Crippen LogP contribution in [0.4, 0.5) is 4.79 Å². The van der Waals surface area contributed by atoms with E-state index in [1.807, 2.05) is 19.1 Å². The minimum atomic E-state index is -0.423. The zero-order valence-corrected chi connectivity index (χ0v) is 11.2. The lowest BCUT2D eigenvalue weighted by Crippen LogP contribution is -2.25. The van der Waals surface area contributed by atoms with Crippen LogP contribution < -0.4 is 14.8 Å². The zero-order valence-electron chi connectivity index (χ0n) is 11.2. The van der Waals surface area contributed by atoms with E-state index < -0.39 is 6.09 Å². The van der Waals surface area contributed by atoms with Crippen molar-refractivity contribution < 1.29 is 19.0 Å². The smallest absolute Gasteiger partial charge is 0.406 e. The van der Waals surface area contributed by atoms with Crippen molar-refractivity contribution >= 4 is 6.09 Å². The summed E-state index contributed by atoms with van der Waals surface area (Å²) in [6.45, 7) is 2.48. The maximum absolute atomic E-state index is 10.9. The predicted molar refractivity (Wildman–Crippen MR) is 68.4 cm³/mol. The lowest BCUT2D eigenvalue weighted by atomic mass is 10.0. The molecule has 100 valence electrons. The Bertz CT molecular complexity index is 418. The van der Waals surface area contributed by atoms with Crippen molar-refractivity contribution in [2.75, 3.05) is 27.9 Å². The van der Waals surface area contributed by atoms with Gasteiger partial charge in [-0.1, -0.05) is 6.07 Å². The lowest BCUT2D eigenvalue weighted by Gasteiger charge is -2.14. The molecule has 5 heteroatoms. The largest absolute Gasteiger partial charge is 0.493 e. The highest BCUT2D eigenvalue weighted by Gasteiger charge is 2.11. The Kier molecular flexibility index (Phi) is 5.30. The van der Waals surface area contributed by atoms with Gasteiger partial charge in [0.25, 0.3) is 0 Å². The van der Waals surface area contributed by atoms with Gasteiger partial charge in [-0.2, -0.15) is 0 Å². The van der Waals surface area contributed by atoms with Gasteiger partial charge in [0, 0.05) is 6.54 Å². The Morgan fingerprint density at radius 1 is 1.22 bits per heavy atom. The second-order valence-electron chi connectivity index (χ2n) is 3.75. The van der Waals surface area contributed by atoms with Crippen LogP contribution in [0.2, 0.25) is 0 Å². The molecule has 0 fully saturated rings. The second-order valence-corrected chi connectivity index (χ2v) is 3.75. The monoisotopic (exact) mass is 253 g/mol. The molecule has 0 saturated carbocycles. The molecule has 0 bridgehead atoms. The molecule has 0 unspecified atom stereocenters. The third kappa shape index (κ3) is 3.29. The first-order valence-corrected chi connectivity index (χ1v) is 5.66. The zero-order chi connectivity index (χ0) is 13.5. The molecule has 18 heavy (non-hydrogen) atoms. The van der Waals surface area contributed by atoms with E-state index in [-0.39, 0.29) is 0 Å². The molecule has 0 saturated heterocycles. The van der Waals surface area contributed by atoms with Crippen molar-refractivity contribution in [3.8, 4) is 11.5 Å². The molecule has 1 aromatic rings. The van der Waals surface area contributed by atoms with Gasteiger partial charge in [0.05, 0.1) is 21.3 Å². The maximum Gasteiger partial charge on any atom is 0.406 e. The molecular weight excluding hydrogens is 234 g/mol. The molecule has 0 atom stereocenters. The van der Waals surface area contributed by atoms with Gasteiger partial charge in [-0.25, -0.2) is 4.79 Å². The predicted octanol–water partition coefficient (Wildman–Crippen LogP) is 1.91. The summed E-state index contributed by atoms with van der Waals surface area (Å²) in [5.41, 5.74) is 2.12. The first-order chi connectivity index (χ1) is 8.63. The molecule has 5 nitrogen and oxygen atoms in total. The van der Waals surface area contributed by atoms with Crippen LogP contribution in [0.25, 0.3) is 0 Å². The van der Waals surface area contributed by atoms with Crippen molar-refractivity contribution in [2.24, 2.45) is 0 Å². The number of benzene rings is 1. The fourth-order valence-electron chi connectivity index (χ4n) is 1.76. The van der Waals surface area contributed by atoms with Crippen molar-refractivity contribution in [1.82, 2.24) is 5.32 Å². The summed E-state index contributed by atoms with van der Waals surface area (Å²) in [5, 5.41) is 2.64. The number of ether oxygens (including phenoxy) is 3. The molecule has 0 spiro atoms. The molecular formula is C13H19NO4. The van der Waals surface area contributed by atoms with Gasteiger partial charge < -0.3 is 19.5 Å². The average molecular weight is 253 g/mol. The van der Waals surface area contributed by atoms with E-state index in [2.05, 4.69) is 10.1 Å². The highest BCUT2D eigenvalue weighted by molar-refractivity contribution is 5.66. The van der Waals surface area contributed by atoms with Crippen LogP contribution in [0.15, 0.2) is 12.1 Å². The average Bonchev–Trinajstić information content (AvgIpc) is 2.39. The van der Waals surface area contributed by atoms with Crippen LogP contribution in [0.5, 0.6) is 11.5 Å². The second kappa shape index (κ2) is 6.74. The van der Waals surface area contributed by atoms with E-state index >= 15 is 0 Å². The summed E-state index contributed by atoms with van der Waals surface area (Å²) in [6, 6.07) is 3.83. The number of alkyl carbamates (subject to hydrolysis) is 1. The fraction of sp³-hybridized carbons (Fsp3) is 0.462. The number of nitrogens with one attached hydrogen (secondary N) is 1. The number of carbonyl (C=O) groups excluding carboxylic acids is 1. The summed E-state index contributed by atoms with van der Waals surface area (Å²) in [5.74, 6) is 1.44. The summed E-state index contributed by atoms with van der Waals surface area (Å²) in [6.07, 6.45) is 0.287. The van der Waals surface area contributed by atoms with Crippen LogP contribution in [0, 0.1) is 6.92 Å². The molecule has 0 radical (unpaired) electrons. The van der Waals surface area contributed by atoms with Gasteiger partial charge in [-0.15, -0.1) is 0 Å². The van der Waals surface area contributed by atoms with Gasteiger partial charge in [-0.3, -0.25) is 0 Å². The lowest BCUT2D eigenvalue weighted by molar-refractivity contribution is 0.171. The Hall–Kier alpha value is -1.91. The highest BCUT2D eigenvalue weighted by atomic mass is 16.5. The van der Waals surface area contributed by atoms with E-state index in [0.29, 0.717) is 18.7 Å². The van der Waals surface area contributed by atoms with Gasteiger partial charge in [0.2, 0.25) is 0 Å². The number of hydrogen-bond donors (Lipinski definition) is 1. The molecule has 0 aliphatic carbocycles. The Morgan fingerprint density at radius 3 is 2.50 bits per heavy atom. The first-order valence-electron chi connectivity index (χ1n) is 5.66. The van der Waals surface area contributed by atoms with Crippen molar-refractivity contribution in [2.45, 2.75) is 13.3 Å². The minimum absolute atomic E-state index is 0.423. The van der Waals surface area contributed by atoms with E-state index in [9.17, 15) is 4.79 Å². The van der Waals surface area contributed by atoms with Crippen LogP contribution in [-0.4, -0.2) is 34.0 Å². The standard InChI is InChI=1S/C13H19NO4/c1-9-10(7-8-14-13(15)18-4)5-6-11(16-2)12(9)17-3/h5-6H,7-8H2,1-4H3,(H,14,15). The first kappa shape index (κ1) is 14.2. The number of amides is 1. The van der Waals surface area contributed by atoms with Crippen LogP contribution in [-0.2, 0) is 11.2 Å². The molecule has 1 aromatic carbocycles. The molecule has 0 aliphatic heterocycles. The third-order valence-electron chi connectivity index (χ3n) is 2.76. The van der Waals surface area contributed by atoms with Crippen LogP contribution in [0.1, 0.15) is 11.1 Å². The van der Waals surface area contributed by atoms with E-state index in [1.54, 1.807) is 14.2 Å². The van der Waals surface area contributed by atoms with Crippen molar-refractivity contribution in [3.05, 3.63) is 23.3 Å². The normalized spacial score (nSPS) is 9.78. The van der Waals surface area contributed by atoms with Gasteiger partial charge in [0.1, 0.15) is 0 Å². The number of hydrogen-bond acceptors (Lipinski definition) is 4. The van der Waals surface area contributed by atoms with Gasteiger partial charge >= 0.3 is 6.09 Å². The molecule has 1 N–H and O–H groups in total. The van der Waals surface area contributed by atoms with E-state index in [4.69, 9.17) is 9.47 Å². The SMILES string of the molecule is COC(=O)NCCc1ccc(OC)c(OC)c1C. The Morgan fingerprint density at radius 2 is 1.94 bits per heavy atom. The van der Waals surface area contributed by atoms with Crippen LogP contribution in [0.3, 0.4) is 0 Å².